The van der Waals surface area contributed by atoms with Gasteiger partial charge >= 0.3 is 0 Å². The number of halogens is 2. The molecule has 0 bridgehead atoms. The molecule has 1 aliphatic rings. The van der Waals surface area contributed by atoms with Crippen molar-refractivity contribution in [3.8, 4) is 0 Å². The van der Waals surface area contributed by atoms with Gasteiger partial charge in [0, 0.05) is 37.8 Å². The first-order chi connectivity index (χ1) is 10.4. The standard InChI is InChI=1S/C16H22FN3O2.ClH/c1-11(12(2)18)15(21)19-6-8-20(9-7-19)16(22)13-4-3-5-14(17)10-13;/h3-5,10-12H,6-9,18H2,1-2H3;1H. The summed E-state index contributed by atoms with van der Waals surface area (Å²) in [6.45, 7) is 5.50. The molecule has 1 aliphatic heterocycles. The minimum Gasteiger partial charge on any atom is -0.339 e. The Hall–Kier alpha value is -1.66. The summed E-state index contributed by atoms with van der Waals surface area (Å²) in [6.07, 6.45) is 0. The third-order valence-electron chi connectivity index (χ3n) is 4.13. The lowest BCUT2D eigenvalue weighted by molar-refractivity contribution is -0.137. The summed E-state index contributed by atoms with van der Waals surface area (Å²) in [4.78, 5) is 27.9. The first kappa shape index (κ1) is 19.4. The fourth-order valence-corrected chi connectivity index (χ4v) is 2.45. The molecule has 0 aromatic heterocycles. The van der Waals surface area contributed by atoms with E-state index in [1.54, 1.807) is 15.9 Å². The molecule has 2 N–H and O–H groups in total. The Kier molecular flexibility index (Phi) is 6.97. The molecule has 1 aromatic rings. The molecule has 1 saturated heterocycles. The lowest BCUT2D eigenvalue weighted by atomic mass is 10.0. The van der Waals surface area contributed by atoms with Crippen molar-refractivity contribution in [3.05, 3.63) is 35.6 Å². The molecule has 2 rings (SSSR count). The number of carbonyl (C=O) groups excluding carboxylic acids is 2. The Balaban J connectivity index is 0.00000264. The van der Waals surface area contributed by atoms with Gasteiger partial charge < -0.3 is 15.5 Å². The number of hydrogen-bond acceptors (Lipinski definition) is 3. The van der Waals surface area contributed by atoms with Crippen LogP contribution in [0.5, 0.6) is 0 Å². The summed E-state index contributed by atoms with van der Waals surface area (Å²) in [5.41, 5.74) is 6.10. The molecule has 5 nitrogen and oxygen atoms in total. The van der Waals surface area contributed by atoms with Gasteiger partial charge in [-0.1, -0.05) is 13.0 Å². The molecule has 1 fully saturated rings. The quantitative estimate of drug-likeness (QED) is 0.904. The molecule has 2 unspecified atom stereocenters. The van der Waals surface area contributed by atoms with E-state index in [9.17, 15) is 14.0 Å². The second kappa shape index (κ2) is 8.26. The van der Waals surface area contributed by atoms with Crippen molar-refractivity contribution in [1.82, 2.24) is 9.80 Å². The third-order valence-corrected chi connectivity index (χ3v) is 4.13. The maximum absolute atomic E-state index is 13.2. The van der Waals surface area contributed by atoms with Crippen molar-refractivity contribution in [2.75, 3.05) is 26.2 Å². The maximum atomic E-state index is 13.2. The fourth-order valence-electron chi connectivity index (χ4n) is 2.45. The highest BCUT2D eigenvalue weighted by atomic mass is 35.5. The van der Waals surface area contributed by atoms with Gasteiger partial charge in [-0.3, -0.25) is 9.59 Å². The van der Waals surface area contributed by atoms with Gasteiger partial charge in [0.2, 0.25) is 5.91 Å². The van der Waals surface area contributed by atoms with Crippen LogP contribution in [-0.2, 0) is 4.79 Å². The zero-order chi connectivity index (χ0) is 16.3. The van der Waals surface area contributed by atoms with Crippen LogP contribution in [0.3, 0.4) is 0 Å². The van der Waals surface area contributed by atoms with Crippen LogP contribution < -0.4 is 5.73 Å². The average Bonchev–Trinajstić information content (AvgIpc) is 2.52. The van der Waals surface area contributed by atoms with Gasteiger partial charge in [-0.2, -0.15) is 0 Å². The van der Waals surface area contributed by atoms with Crippen LogP contribution in [0.2, 0.25) is 0 Å². The number of rotatable bonds is 3. The minimum absolute atomic E-state index is 0. The summed E-state index contributed by atoms with van der Waals surface area (Å²) in [7, 11) is 0. The summed E-state index contributed by atoms with van der Waals surface area (Å²) >= 11 is 0. The van der Waals surface area contributed by atoms with E-state index < -0.39 is 5.82 Å². The number of nitrogens with two attached hydrogens (primary N) is 1. The van der Waals surface area contributed by atoms with Crippen molar-refractivity contribution >= 4 is 24.2 Å². The number of carbonyl (C=O) groups is 2. The Morgan fingerprint density at radius 1 is 1.13 bits per heavy atom. The van der Waals surface area contributed by atoms with Gasteiger partial charge in [0.05, 0.1) is 5.92 Å². The molecule has 2 atom stereocenters. The summed E-state index contributed by atoms with van der Waals surface area (Å²) < 4.78 is 13.2. The van der Waals surface area contributed by atoms with E-state index in [2.05, 4.69) is 0 Å². The first-order valence-electron chi connectivity index (χ1n) is 7.49. The summed E-state index contributed by atoms with van der Waals surface area (Å²) in [5.74, 6) is -0.837. The Morgan fingerprint density at radius 2 is 1.70 bits per heavy atom. The SMILES string of the molecule is CC(N)C(C)C(=O)N1CCN(C(=O)c2cccc(F)c2)CC1.Cl. The highest BCUT2D eigenvalue weighted by molar-refractivity contribution is 5.94. The number of amides is 2. The molecule has 2 amide bonds. The van der Waals surface area contributed by atoms with Gasteiger partial charge in [-0.05, 0) is 25.1 Å². The lowest BCUT2D eigenvalue weighted by Crippen LogP contribution is -2.53. The predicted octanol–water partition coefficient (Wildman–Crippen LogP) is 1.52. The van der Waals surface area contributed by atoms with Crippen molar-refractivity contribution in [1.29, 1.82) is 0 Å². The Morgan fingerprint density at radius 3 is 2.22 bits per heavy atom. The third kappa shape index (κ3) is 4.65. The monoisotopic (exact) mass is 343 g/mol. The number of benzene rings is 1. The molecule has 0 saturated carbocycles. The zero-order valence-electron chi connectivity index (χ0n) is 13.4. The van der Waals surface area contributed by atoms with E-state index in [4.69, 9.17) is 5.73 Å². The molecule has 0 aliphatic carbocycles. The first-order valence-corrected chi connectivity index (χ1v) is 7.49. The van der Waals surface area contributed by atoms with E-state index >= 15 is 0 Å². The molecule has 1 heterocycles. The van der Waals surface area contributed by atoms with E-state index in [-0.39, 0.29) is 36.2 Å². The van der Waals surface area contributed by atoms with Crippen LogP contribution in [0.25, 0.3) is 0 Å². The van der Waals surface area contributed by atoms with E-state index in [1.807, 2.05) is 13.8 Å². The predicted molar refractivity (Wildman–Crippen MR) is 88.9 cm³/mol. The molecule has 23 heavy (non-hydrogen) atoms. The molecule has 128 valence electrons. The number of hydrogen-bond donors (Lipinski definition) is 1. The van der Waals surface area contributed by atoms with Crippen LogP contribution in [0.1, 0.15) is 24.2 Å². The van der Waals surface area contributed by atoms with Crippen molar-refractivity contribution < 1.29 is 14.0 Å². The second-order valence-corrected chi connectivity index (χ2v) is 5.78. The van der Waals surface area contributed by atoms with E-state index in [1.165, 1.54) is 18.2 Å². The van der Waals surface area contributed by atoms with Gasteiger partial charge in [-0.25, -0.2) is 4.39 Å². The van der Waals surface area contributed by atoms with Gasteiger partial charge in [0.1, 0.15) is 5.82 Å². The molecule has 1 aromatic carbocycles. The number of piperazine rings is 1. The fraction of sp³-hybridized carbons (Fsp3) is 0.500. The molecular weight excluding hydrogens is 321 g/mol. The largest absolute Gasteiger partial charge is 0.339 e. The van der Waals surface area contributed by atoms with Crippen LogP contribution in [0, 0.1) is 11.7 Å². The molecule has 0 radical (unpaired) electrons. The highest BCUT2D eigenvalue weighted by Gasteiger charge is 2.28. The normalized spacial score (nSPS) is 17.2. The van der Waals surface area contributed by atoms with Gasteiger partial charge in [0.15, 0.2) is 0 Å². The smallest absolute Gasteiger partial charge is 0.254 e. The van der Waals surface area contributed by atoms with Crippen molar-refractivity contribution in [3.63, 3.8) is 0 Å². The Labute approximate surface area is 142 Å². The average molecular weight is 344 g/mol. The van der Waals surface area contributed by atoms with Gasteiger partial charge in [0.25, 0.3) is 5.91 Å². The summed E-state index contributed by atoms with van der Waals surface area (Å²) in [5, 5.41) is 0. The van der Waals surface area contributed by atoms with E-state index in [0.29, 0.717) is 31.7 Å². The molecule has 0 spiro atoms. The Bertz CT molecular complexity index is 560. The molecule has 7 heteroatoms. The van der Waals surface area contributed by atoms with Crippen LogP contribution in [0.4, 0.5) is 4.39 Å². The van der Waals surface area contributed by atoms with Gasteiger partial charge in [-0.15, -0.1) is 12.4 Å². The lowest BCUT2D eigenvalue weighted by Gasteiger charge is -2.36. The van der Waals surface area contributed by atoms with Crippen molar-refractivity contribution in [2.24, 2.45) is 11.7 Å². The maximum Gasteiger partial charge on any atom is 0.254 e. The van der Waals surface area contributed by atoms with Crippen LogP contribution in [0.15, 0.2) is 24.3 Å². The van der Waals surface area contributed by atoms with Crippen molar-refractivity contribution in [2.45, 2.75) is 19.9 Å². The number of nitrogens with zero attached hydrogens (tertiary/aromatic N) is 2. The van der Waals surface area contributed by atoms with Crippen LogP contribution in [-0.4, -0.2) is 53.8 Å². The summed E-state index contributed by atoms with van der Waals surface area (Å²) in [6, 6.07) is 5.47. The molecular formula is C16H23ClFN3O2. The highest BCUT2D eigenvalue weighted by Crippen LogP contribution is 2.13. The van der Waals surface area contributed by atoms with Crippen LogP contribution >= 0.6 is 12.4 Å². The second-order valence-electron chi connectivity index (χ2n) is 5.78. The topological polar surface area (TPSA) is 66.6 Å². The van der Waals surface area contributed by atoms with E-state index in [0.717, 1.165) is 0 Å². The minimum atomic E-state index is -0.426. The zero-order valence-corrected chi connectivity index (χ0v) is 14.2.